The molecule has 5 heteroatoms. The van der Waals surface area contributed by atoms with Gasteiger partial charge in [-0.15, -0.1) is 0 Å². The summed E-state index contributed by atoms with van der Waals surface area (Å²) in [5, 5.41) is 2.94. The van der Waals surface area contributed by atoms with Crippen molar-refractivity contribution in [2.75, 3.05) is 31.3 Å². The first-order valence-electron chi connectivity index (χ1n) is 5.05. The summed E-state index contributed by atoms with van der Waals surface area (Å²) in [6, 6.07) is 4.47. The van der Waals surface area contributed by atoms with Crippen LogP contribution in [0.4, 0.5) is 20.2 Å². The molecular weight excluding hydrogens is 214 g/mol. The molecule has 1 aromatic carbocycles. The first kappa shape index (κ1) is 12.7. The molecule has 0 amide bonds. The Morgan fingerprint density at radius 1 is 1.44 bits per heavy atom. The molecule has 0 saturated carbocycles. The number of rotatable bonds is 6. The summed E-state index contributed by atoms with van der Waals surface area (Å²) in [4.78, 5) is 0. The van der Waals surface area contributed by atoms with Gasteiger partial charge in [-0.25, -0.2) is 8.78 Å². The van der Waals surface area contributed by atoms with E-state index in [1.807, 2.05) is 0 Å². The van der Waals surface area contributed by atoms with Crippen LogP contribution in [0.5, 0.6) is 0 Å². The van der Waals surface area contributed by atoms with Gasteiger partial charge in [0.1, 0.15) is 0 Å². The molecule has 3 nitrogen and oxygen atoms in total. The summed E-state index contributed by atoms with van der Waals surface area (Å²) in [5.41, 5.74) is 6.18. The largest absolute Gasteiger partial charge is 0.399 e. The molecule has 0 saturated heterocycles. The molecule has 1 rings (SSSR count). The summed E-state index contributed by atoms with van der Waals surface area (Å²) < 4.78 is 30.2. The lowest BCUT2D eigenvalue weighted by atomic mass is 10.1. The van der Waals surface area contributed by atoms with Gasteiger partial charge in [0, 0.05) is 37.2 Å². The first-order chi connectivity index (χ1) is 7.65. The fourth-order valence-electron chi connectivity index (χ4n) is 1.36. The van der Waals surface area contributed by atoms with E-state index in [-0.39, 0.29) is 5.56 Å². The quantitative estimate of drug-likeness (QED) is 0.583. The molecule has 0 radical (unpaired) electrons. The Labute approximate surface area is 93.6 Å². The normalized spacial score (nSPS) is 10.8. The number of benzene rings is 1. The molecule has 1 aromatic rings. The van der Waals surface area contributed by atoms with Crippen LogP contribution in [-0.2, 0) is 4.74 Å². The number of ether oxygens (including phenoxy) is 1. The molecule has 90 valence electrons. The molecule has 0 spiro atoms. The van der Waals surface area contributed by atoms with Gasteiger partial charge < -0.3 is 15.8 Å². The van der Waals surface area contributed by atoms with E-state index in [0.717, 1.165) is 6.42 Å². The second kappa shape index (κ2) is 6.27. The standard InChI is InChI=1S/C11H16F2N2O/c1-16-6-2-5-15-10-4-3-8(14)7-9(10)11(12)13/h3-4,7,11,15H,2,5-6,14H2,1H3. The fourth-order valence-corrected chi connectivity index (χ4v) is 1.36. The maximum absolute atomic E-state index is 12.7. The average Bonchev–Trinajstić information content (AvgIpc) is 2.26. The van der Waals surface area contributed by atoms with E-state index >= 15 is 0 Å². The van der Waals surface area contributed by atoms with Crippen molar-refractivity contribution in [3.63, 3.8) is 0 Å². The van der Waals surface area contributed by atoms with Crippen LogP contribution in [0.15, 0.2) is 18.2 Å². The summed E-state index contributed by atoms with van der Waals surface area (Å²) in [7, 11) is 1.60. The molecule has 0 aromatic heterocycles. The topological polar surface area (TPSA) is 47.3 Å². The predicted octanol–water partition coefficient (Wildman–Crippen LogP) is 2.65. The molecule has 0 heterocycles. The van der Waals surface area contributed by atoms with Crippen LogP contribution in [0.3, 0.4) is 0 Å². The van der Waals surface area contributed by atoms with Crippen molar-refractivity contribution in [1.29, 1.82) is 0 Å². The lowest BCUT2D eigenvalue weighted by Gasteiger charge is -2.12. The third-order valence-corrected chi connectivity index (χ3v) is 2.15. The van der Waals surface area contributed by atoms with Crippen LogP contribution in [0.1, 0.15) is 18.4 Å². The summed E-state index contributed by atoms with van der Waals surface area (Å²) >= 11 is 0. The Balaban J connectivity index is 2.64. The third kappa shape index (κ3) is 3.66. The number of anilines is 2. The molecule has 0 aliphatic rings. The smallest absolute Gasteiger partial charge is 0.265 e. The van der Waals surface area contributed by atoms with E-state index in [9.17, 15) is 8.78 Å². The lowest BCUT2D eigenvalue weighted by Crippen LogP contribution is -2.07. The highest BCUT2D eigenvalue weighted by atomic mass is 19.3. The highest BCUT2D eigenvalue weighted by molar-refractivity contribution is 5.58. The van der Waals surface area contributed by atoms with Gasteiger partial charge in [-0.05, 0) is 24.6 Å². The number of methoxy groups -OCH3 is 1. The fraction of sp³-hybridized carbons (Fsp3) is 0.455. The highest BCUT2D eigenvalue weighted by Crippen LogP contribution is 2.28. The number of nitrogen functional groups attached to an aromatic ring is 1. The summed E-state index contributed by atoms with van der Waals surface area (Å²) in [6.07, 6.45) is -1.75. The molecule has 0 aliphatic heterocycles. The van der Waals surface area contributed by atoms with Gasteiger partial charge in [0.25, 0.3) is 6.43 Å². The van der Waals surface area contributed by atoms with E-state index in [1.165, 1.54) is 6.07 Å². The number of hydrogen-bond acceptors (Lipinski definition) is 3. The minimum absolute atomic E-state index is 0.0579. The molecule has 0 aliphatic carbocycles. The van der Waals surface area contributed by atoms with Gasteiger partial charge in [0.2, 0.25) is 0 Å². The van der Waals surface area contributed by atoms with Crippen LogP contribution in [0.2, 0.25) is 0 Å². The minimum Gasteiger partial charge on any atom is -0.399 e. The van der Waals surface area contributed by atoms with Gasteiger partial charge in [-0.1, -0.05) is 0 Å². The number of nitrogens with one attached hydrogen (secondary N) is 1. The Hall–Kier alpha value is -1.36. The van der Waals surface area contributed by atoms with Crippen molar-refractivity contribution < 1.29 is 13.5 Å². The Morgan fingerprint density at radius 3 is 2.81 bits per heavy atom. The zero-order valence-corrected chi connectivity index (χ0v) is 9.17. The molecule has 0 unspecified atom stereocenters. The van der Waals surface area contributed by atoms with Gasteiger partial charge in [-0.2, -0.15) is 0 Å². The van der Waals surface area contributed by atoms with E-state index in [0.29, 0.717) is 24.5 Å². The highest BCUT2D eigenvalue weighted by Gasteiger charge is 2.12. The van der Waals surface area contributed by atoms with E-state index in [4.69, 9.17) is 10.5 Å². The van der Waals surface area contributed by atoms with Crippen LogP contribution in [0, 0.1) is 0 Å². The van der Waals surface area contributed by atoms with Gasteiger partial charge in [0.15, 0.2) is 0 Å². The maximum Gasteiger partial charge on any atom is 0.265 e. The van der Waals surface area contributed by atoms with Crippen LogP contribution in [-0.4, -0.2) is 20.3 Å². The summed E-state index contributed by atoms with van der Waals surface area (Å²) in [6.45, 7) is 1.20. The van der Waals surface area contributed by atoms with Crippen molar-refractivity contribution >= 4 is 11.4 Å². The molecule has 0 atom stereocenters. The average molecular weight is 230 g/mol. The lowest BCUT2D eigenvalue weighted by molar-refractivity contribution is 0.152. The summed E-state index contributed by atoms with van der Waals surface area (Å²) in [5.74, 6) is 0. The van der Waals surface area contributed by atoms with Crippen LogP contribution < -0.4 is 11.1 Å². The maximum atomic E-state index is 12.7. The van der Waals surface area contributed by atoms with Gasteiger partial charge in [-0.3, -0.25) is 0 Å². The SMILES string of the molecule is COCCCNc1ccc(N)cc1C(F)F. The first-order valence-corrected chi connectivity index (χ1v) is 5.05. The zero-order chi connectivity index (χ0) is 12.0. The van der Waals surface area contributed by atoms with E-state index in [2.05, 4.69) is 5.32 Å². The Kier molecular flexibility index (Phi) is 4.98. The van der Waals surface area contributed by atoms with Crippen molar-refractivity contribution in [3.8, 4) is 0 Å². The van der Waals surface area contributed by atoms with E-state index < -0.39 is 6.43 Å². The number of alkyl halides is 2. The van der Waals surface area contributed by atoms with E-state index in [1.54, 1.807) is 19.2 Å². The molecule has 0 fully saturated rings. The predicted molar refractivity (Wildman–Crippen MR) is 60.8 cm³/mol. The molecule has 0 bridgehead atoms. The van der Waals surface area contributed by atoms with Crippen molar-refractivity contribution in [3.05, 3.63) is 23.8 Å². The second-order valence-corrected chi connectivity index (χ2v) is 3.42. The minimum atomic E-state index is -2.52. The van der Waals surface area contributed by atoms with Crippen LogP contribution >= 0.6 is 0 Å². The van der Waals surface area contributed by atoms with Crippen molar-refractivity contribution in [1.82, 2.24) is 0 Å². The number of nitrogens with two attached hydrogens (primary N) is 1. The Morgan fingerprint density at radius 2 is 2.19 bits per heavy atom. The monoisotopic (exact) mass is 230 g/mol. The van der Waals surface area contributed by atoms with Gasteiger partial charge >= 0.3 is 0 Å². The molecule has 16 heavy (non-hydrogen) atoms. The van der Waals surface area contributed by atoms with Crippen molar-refractivity contribution in [2.24, 2.45) is 0 Å². The van der Waals surface area contributed by atoms with Crippen LogP contribution in [0.25, 0.3) is 0 Å². The molecular formula is C11H16F2N2O. The number of halogens is 2. The van der Waals surface area contributed by atoms with Crippen molar-refractivity contribution in [2.45, 2.75) is 12.8 Å². The van der Waals surface area contributed by atoms with Gasteiger partial charge in [0.05, 0.1) is 0 Å². The molecule has 3 N–H and O–H groups in total. The number of hydrogen-bond donors (Lipinski definition) is 2. The second-order valence-electron chi connectivity index (χ2n) is 3.42. The Bertz CT molecular complexity index is 332. The third-order valence-electron chi connectivity index (χ3n) is 2.15. The zero-order valence-electron chi connectivity index (χ0n) is 9.17.